The van der Waals surface area contributed by atoms with Gasteiger partial charge >= 0.3 is 0 Å². The molecule has 3 aromatic heterocycles. The number of hydrogen-bond acceptors (Lipinski definition) is 6. The number of aliphatic hydroxyl groups is 1. The molecule has 3 aromatic rings. The second-order valence-electron chi connectivity index (χ2n) is 6.06. The summed E-state index contributed by atoms with van der Waals surface area (Å²) in [4.78, 5) is 13.8. The van der Waals surface area contributed by atoms with Crippen LogP contribution in [0.15, 0.2) is 42.3 Å². The van der Waals surface area contributed by atoms with Crippen molar-refractivity contribution in [2.24, 2.45) is 5.92 Å². The van der Waals surface area contributed by atoms with Crippen LogP contribution >= 0.6 is 11.3 Å². The first-order valence-electron chi connectivity index (χ1n) is 7.81. The SMILES string of the molecule is OC1CC(C(Cc2ccncc2)Nc2ncnc3sccc23)C1. The first-order chi connectivity index (χ1) is 11.3. The molecule has 1 fully saturated rings. The summed E-state index contributed by atoms with van der Waals surface area (Å²) >= 11 is 1.62. The Morgan fingerprint density at radius 1 is 1.22 bits per heavy atom. The summed E-state index contributed by atoms with van der Waals surface area (Å²) in [6.07, 6.45) is 7.69. The van der Waals surface area contributed by atoms with E-state index < -0.39 is 0 Å². The van der Waals surface area contributed by atoms with E-state index in [2.05, 4.69) is 26.3 Å². The van der Waals surface area contributed by atoms with Gasteiger partial charge in [-0.1, -0.05) is 0 Å². The Morgan fingerprint density at radius 2 is 2.04 bits per heavy atom. The molecule has 0 aliphatic heterocycles. The fourth-order valence-corrected chi connectivity index (χ4v) is 3.88. The molecule has 2 N–H and O–H groups in total. The van der Waals surface area contributed by atoms with E-state index in [1.165, 1.54) is 5.56 Å². The number of nitrogens with zero attached hydrogens (tertiary/aromatic N) is 3. The van der Waals surface area contributed by atoms with E-state index in [-0.39, 0.29) is 12.1 Å². The molecule has 0 radical (unpaired) electrons. The monoisotopic (exact) mass is 326 g/mol. The summed E-state index contributed by atoms with van der Waals surface area (Å²) in [6.45, 7) is 0. The van der Waals surface area contributed by atoms with E-state index in [1.54, 1.807) is 17.7 Å². The average molecular weight is 326 g/mol. The van der Waals surface area contributed by atoms with Gasteiger partial charge in [0.15, 0.2) is 0 Å². The summed E-state index contributed by atoms with van der Waals surface area (Å²) in [5.74, 6) is 1.35. The molecule has 0 saturated heterocycles. The van der Waals surface area contributed by atoms with Crippen molar-refractivity contribution in [2.45, 2.75) is 31.4 Å². The molecule has 1 aliphatic rings. The minimum atomic E-state index is -0.159. The Balaban J connectivity index is 1.59. The summed E-state index contributed by atoms with van der Waals surface area (Å²) < 4.78 is 0. The smallest absolute Gasteiger partial charge is 0.138 e. The molecular formula is C17H18N4OS. The number of fused-ring (bicyclic) bond motifs is 1. The van der Waals surface area contributed by atoms with E-state index in [4.69, 9.17) is 0 Å². The number of pyridine rings is 1. The van der Waals surface area contributed by atoms with Crippen LogP contribution < -0.4 is 5.32 Å². The largest absolute Gasteiger partial charge is 0.393 e. The predicted molar refractivity (Wildman–Crippen MR) is 91.5 cm³/mol. The maximum atomic E-state index is 9.68. The zero-order chi connectivity index (χ0) is 15.6. The second-order valence-corrected chi connectivity index (χ2v) is 6.95. The standard InChI is InChI=1S/C17H18N4OS/c22-13-8-12(9-13)15(7-11-1-4-18-5-2-11)21-16-14-3-6-23-17(14)20-10-19-16/h1-6,10,12-13,15,22H,7-9H2,(H,19,20,21). The van der Waals surface area contributed by atoms with E-state index >= 15 is 0 Å². The zero-order valence-corrected chi connectivity index (χ0v) is 13.4. The van der Waals surface area contributed by atoms with Gasteiger partial charge in [0.25, 0.3) is 0 Å². The fourth-order valence-electron chi connectivity index (χ4n) is 3.15. The number of hydrogen-bond donors (Lipinski definition) is 2. The van der Waals surface area contributed by atoms with Crippen LogP contribution in [-0.4, -0.2) is 32.2 Å². The molecule has 1 saturated carbocycles. The van der Waals surface area contributed by atoms with Gasteiger partial charge in [0.05, 0.1) is 11.5 Å². The maximum absolute atomic E-state index is 9.68. The van der Waals surface area contributed by atoms with Gasteiger partial charge in [-0.3, -0.25) is 4.98 Å². The molecule has 0 bridgehead atoms. The average Bonchev–Trinajstić information content (AvgIpc) is 3.02. The molecule has 1 aliphatic carbocycles. The lowest BCUT2D eigenvalue weighted by Crippen LogP contribution is -2.42. The van der Waals surface area contributed by atoms with Crippen LogP contribution in [0.5, 0.6) is 0 Å². The highest BCUT2D eigenvalue weighted by atomic mass is 32.1. The second kappa shape index (κ2) is 6.22. The Morgan fingerprint density at radius 3 is 2.83 bits per heavy atom. The van der Waals surface area contributed by atoms with Crippen molar-refractivity contribution >= 4 is 27.4 Å². The van der Waals surface area contributed by atoms with Crippen LogP contribution in [0.1, 0.15) is 18.4 Å². The van der Waals surface area contributed by atoms with Crippen molar-refractivity contribution in [1.82, 2.24) is 15.0 Å². The van der Waals surface area contributed by atoms with Gasteiger partial charge in [-0.25, -0.2) is 9.97 Å². The van der Waals surface area contributed by atoms with Crippen LogP contribution in [0.2, 0.25) is 0 Å². The van der Waals surface area contributed by atoms with Crippen LogP contribution in [0, 0.1) is 5.92 Å². The van der Waals surface area contributed by atoms with Crippen molar-refractivity contribution in [1.29, 1.82) is 0 Å². The first kappa shape index (κ1) is 14.5. The van der Waals surface area contributed by atoms with Gasteiger partial charge in [0, 0.05) is 18.4 Å². The molecule has 5 nitrogen and oxygen atoms in total. The van der Waals surface area contributed by atoms with Crippen molar-refractivity contribution < 1.29 is 5.11 Å². The lowest BCUT2D eigenvalue weighted by atomic mass is 9.75. The summed E-state index contributed by atoms with van der Waals surface area (Å²) in [5.41, 5.74) is 1.24. The molecule has 0 aromatic carbocycles. The van der Waals surface area contributed by atoms with Crippen molar-refractivity contribution in [3.63, 3.8) is 0 Å². The summed E-state index contributed by atoms with van der Waals surface area (Å²) in [5, 5.41) is 16.4. The quantitative estimate of drug-likeness (QED) is 0.754. The number of aliphatic hydroxyl groups excluding tert-OH is 1. The molecule has 118 valence electrons. The normalized spacial score (nSPS) is 21.8. The van der Waals surface area contributed by atoms with Gasteiger partial charge in [-0.15, -0.1) is 11.3 Å². The van der Waals surface area contributed by atoms with Gasteiger partial charge in [-0.2, -0.15) is 0 Å². The van der Waals surface area contributed by atoms with Crippen molar-refractivity contribution in [3.8, 4) is 0 Å². The van der Waals surface area contributed by atoms with Gasteiger partial charge in [0.2, 0.25) is 0 Å². The number of anilines is 1. The fraction of sp³-hybridized carbons (Fsp3) is 0.353. The lowest BCUT2D eigenvalue weighted by Gasteiger charge is -2.38. The van der Waals surface area contributed by atoms with Crippen LogP contribution in [-0.2, 0) is 6.42 Å². The van der Waals surface area contributed by atoms with Gasteiger partial charge in [-0.05, 0) is 54.3 Å². The van der Waals surface area contributed by atoms with E-state index in [9.17, 15) is 5.11 Å². The summed E-state index contributed by atoms with van der Waals surface area (Å²) in [7, 11) is 0. The lowest BCUT2D eigenvalue weighted by molar-refractivity contribution is 0.0342. The highest BCUT2D eigenvalue weighted by Crippen LogP contribution is 2.34. The van der Waals surface area contributed by atoms with Gasteiger partial charge in [0.1, 0.15) is 17.0 Å². The Labute approximate surface area is 138 Å². The third-order valence-electron chi connectivity index (χ3n) is 4.51. The molecule has 6 heteroatoms. The molecule has 3 heterocycles. The minimum Gasteiger partial charge on any atom is -0.393 e. The van der Waals surface area contributed by atoms with Crippen LogP contribution in [0.3, 0.4) is 0 Å². The molecule has 4 rings (SSSR count). The first-order valence-corrected chi connectivity index (χ1v) is 8.69. The Bertz CT molecular complexity index is 785. The van der Waals surface area contributed by atoms with Crippen LogP contribution in [0.4, 0.5) is 5.82 Å². The maximum Gasteiger partial charge on any atom is 0.138 e. The van der Waals surface area contributed by atoms with E-state index in [0.29, 0.717) is 5.92 Å². The molecule has 0 spiro atoms. The highest BCUT2D eigenvalue weighted by Gasteiger charge is 2.34. The minimum absolute atomic E-state index is 0.159. The van der Waals surface area contributed by atoms with Gasteiger partial charge < -0.3 is 10.4 Å². The molecule has 1 atom stereocenters. The van der Waals surface area contributed by atoms with Crippen molar-refractivity contribution in [3.05, 3.63) is 47.9 Å². The number of thiophene rings is 1. The molecular weight excluding hydrogens is 308 g/mol. The van der Waals surface area contributed by atoms with Crippen LogP contribution in [0.25, 0.3) is 10.2 Å². The predicted octanol–water partition coefficient (Wildman–Crippen LogP) is 2.88. The number of rotatable bonds is 5. The zero-order valence-electron chi connectivity index (χ0n) is 12.6. The molecule has 23 heavy (non-hydrogen) atoms. The molecule has 1 unspecified atom stereocenters. The van der Waals surface area contributed by atoms with E-state index in [1.807, 2.05) is 29.9 Å². The number of nitrogens with one attached hydrogen (secondary N) is 1. The third kappa shape index (κ3) is 3.04. The summed E-state index contributed by atoms with van der Waals surface area (Å²) in [6, 6.07) is 6.40. The Kier molecular flexibility index (Phi) is 3.93. The Hall–Kier alpha value is -2.05. The third-order valence-corrected chi connectivity index (χ3v) is 5.33. The molecule has 0 amide bonds. The highest BCUT2D eigenvalue weighted by molar-refractivity contribution is 7.16. The van der Waals surface area contributed by atoms with E-state index in [0.717, 1.165) is 35.3 Å². The van der Waals surface area contributed by atoms with Crippen molar-refractivity contribution in [2.75, 3.05) is 5.32 Å². The number of aromatic nitrogens is 3. The topological polar surface area (TPSA) is 70.9 Å².